The van der Waals surface area contributed by atoms with Crippen LogP contribution >= 0.6 is 11.8 Å². The Morgan fingerprint density at radius 3 is 1.95 bits per heavy atom. The van der Waals surface area contributed by atoms with Crippen molar-refractivity contribution in [3.05, 3.63) is 59.9 Å². The fourth-order valence-corrected chi connectivity index (χ4v) is 2.52. The zero-order valence-corrected chi connectivity index (χ0v) is 12.4. The third-order valence-corrected chi connectivity index (χ3v) is 4.07. The minimum Gasteiger partial charge on any atom is -0.304 e. The number of pyridine rings is 1. The molecule has 1 aromatic heterocycles. The van der Waals surface area contributed by atoms with Crippen LogP contribution in [0.1, 0.15) is 37.1 Å². The van der Waals surface area contributed by atoms with Crippen LogP contribution in [0, 0.1) is 0 Å². The van der Waals surface area contributed by atoms with Crippen molar-refractivity contribution in [2.45, 2.75) is 30.8 Å². The number of rotatable bonds is 5. The third kappa shape index (κ3) is 3.82. The van der Waals surface area contributed by atoms with Crippen molar-refractivity contribution in [1.29, 1.82) is 0 Å². The van der Waals surface area contributed by atoms with Gasteiger partial charge in [-0.2, -0.15) is 0 Å². The molecule has 0 fully saturated rings. The molecular formula is C16H20N2S. The molecule has 0 saturated carbocycles. The molecule has 0 amide bonds. The number of nitrogens with one attached hydrogen (secondary N) is 1. The lowest BCUT2D eigenvalue weighted by atomic mass is 10.1. The van der Waals surface area contributed by atoms with E-state index in [4.69, 9.17) is 0 Å². The van der Waals surface area contributed by atoms with Crippen molar-refractivity contribution in [1.82, 2.24) is 10.3 Å². The summed E-state index contributed by atoms with van der Waals surface area (Å²) >= 11 is 1.77. The van der Waals surface area contributed by atoms with Gasteiger partial charge in [0.05, 0.1) is 0 Å². The van der Waals surface area contributed by atoms with Gasteiger partial charge in [-0.25, -0.2) is 0 Å². The summed E-state index contributed by atoms with van der Waals surface area (Å²) in [5, 5.41) is 3.62. The lowest BCUT2D eigenvalue weighted by Gasteiger charge is -2.20. The fraction of sp³-hybridized carbons (Fsp3) is 0.312. The zero-order valence-electron chi connectivity index (χ0n) is 11.6. The first-order valence-corrected chi connectivity index (χ1v) is 7.73. The highest BCUT2D eigenvalue weighted by Gasteiger charge is 2.10. The molecule has 0 aliphatic heterocycles. The van der Waals surface area contributed by atoms with E-state index in [0.717, 1.165) is 0 Å². The minimum atomic E-state index is 0.318. The second-order valence-corrected chi connectivity index (χ2v) is 5.54. The van der Waals surface area contributed by atoms with Gasteiger partial charge in [0, 0.05) is 29.4 Å². The molecule has 3 heteroatoms. The van der Waals surface area contributed by atoms with Crippen molar-refractivity contribution in [3.8, 4) is 0 Å². The first-order valence-electron chi connectivity index (χ1n) is 6.50. The first-order chi connectivity index (χ1) is 9.20. The van der Waals surface area contributed by atoms with Crippen molar-refractivity contribution >= 4 is 11.8 Å². The largest absolute Gasteiger partial charge is 0.304 e. The van der Waals surface area contributed by atoms with Gasteiger partial charge in [0.2, 0.25) is 0 Å². The van der Waals surface area contributed by atoms with Crippen LogP contribution in [0.2, 0.25) is 0 Å². The maximum Gasteiger partial charge on any atom is 0.0298 e. The molecule has 2 nitrogen and oxygen atoms in total. The summed E-state index contributed by atoms with van der Waals surface area (Å²) in [6.45, 7) is 4.38. The summed E-state index contributed by atoms with van der Waals surface area (Å²) in [5.74, 6) is 0. The number of hydrogen-bond acceptors (Lipinski definition) is 3. The molecule has 0 bridgehead atoms. The molecule has 1 aromatic carbocycles. The van der Waals surface area contributed by atoms with Gasteiger partial charge in [-0.3, -0.25) is 4.98 Å². The monoisotopic (exact) mass is 272 g/mol. The van der Waals surface area contributed by atoms with Crippen molar-refractivity contribution in [2.75, 3.05) is 6.26 Å². The van der Waals surface area contributed by atoms with Crippen LogP contribution in [0.25, 0.3) is 0 Å². The van der Waals surface area contributed by atoms with Crippen LogP contribution in [0.4, 0.5) is 0 Å². The number of benzene rings is 1. The Kier molecular flexibility index (Phi) is 5.00. The van der Waals surface area contributed by atoms with Gasteiger partial charge in [-0.15, -0.1) is 11.8 Å². The number of nitrogens with zero attached hydrogens (tertiary/aromatic N) is 1. The number of aromatic nitrogens is 1. The topological polar surface area (TPSA) is 24.9 Å². The Labute approximate surface area is 119 Å². The molecule has 2 atom stereocenters. The molecule has 19 heavy (non-hydrogen) atoms. The SMILES string of the molecule is CSc1ccc(C(C)N[C@H](C)c2ccncc2)cc1. The molecule has 0 spiro atoms. The third-order valence-electron chi connectivity index (χ3n) is 3.32. The van der Waals surface area contributed by atoms with Gasteiger partial charge >= 0.3 is 0 Å². The van der Waals surface area contributed by atoms with E-state index in [1.54, 1.807) is 11.8 Å². The molecule has 0 aliphatic carbocycles. The summed E-state index contributed by atoms with van der Waals surface area (Å²) in [7, 11) is 0. The Morgan fingerprint density at radius 2 is 1.42 bits per heavy atom. The van der Waals surface area contributed by atoms with E-state index in [9.17, 15) is 0 Å². The van der Waals surface area contributed by atoms with E-state index in [0.29, 0.717) is 12.1 Å². The highest BCUT2D eigenvalue weighted by molar-refractivity contribution is 7.98. The van der Waals surface area contributed by atoms with Crippen molar-refractivity contribution < 1.29 is 0 Å². The van der Waals surface area contributed by atoms with E-state index < -0.39 is 0 Å². The Balaban J connectivity index is 2.02. The quantitative estimate of drug-likeness (QED) is 0.825. The lowest BCUT2D eigenvalue weighted by Crippen LogP contribution is -2.22. The normalized spacial score (nSPS) is 14.1. The second kappa shape index (κ2) is 6.73. The predicted octanol–water partition coefficient (Wildman–Crippen LogP) is 4.22. The summed E-state index contributed by atoms with van der Waals surface area (Å²) in [6.07, 6.45) is 5.78. The van der Waals surface area contributed by atoms with Crippen LogP contribution in [0.5, 0.6) is 0 Å². The maximum absolute atomic E-state index is 4.05. The van der Waals surface area contributed by atoms with E-state index in [1.807, 2.05) is 12.4 Å². The van der Waals surface area contributed by atoms with Gasteiger partial charge in [0.15, 0.2) is 0 Å². The molecule has 0 radical (unpaired) electrons. The van der Waals surface area contributed by atoms with Gasteiger partial charge in [-0.05, 0) is 55.5 Å². The Hall–Kier alpha value is -1.32. The Morgan fingerprint density at radius 1 is 0.895 bits per heavy atom. The predicted molar refractivity (Wildman–Crippen MR) is 82.4 cm³/mol. The van der Waals surface area contributed by atoms with Gasteiger partial charge < -0.3 is 5.32 Å². The summed E-state index contributed by atoms with van der Waals surface area (Å²) < 4.78 is 0. The molecule has 1 heterocycles. The maximum atomic E-state index is 4.05. The first kappa shape index (κ1) is 14.1. The van der Waals surface area contributed by atoms with Crippen LogP contribution < -0.4 is 5.32 Å². The molecule has 0 aliphatic rings. The Bertz CT molecular complexity index is 496. The molecule has 2 aromatic rings. The summed E-state index contributed by atoms with van der Waals surface area (Å²) in [6, 6.07) is 13.5. The lowest BCUT2D eigenvalue weighted by molar-refractivity contribution is 0.494. The van der Waals surface area contributed by atoms with Gasteiger partial charge in [-0.1, -0.05) is 12.1 Å². The van der Waals surface area contributed by atoms with Crippen molar-refractivity contribution in [3.63, 3.8) is 0 Å². The van der Waals surface area contributed by atoms with Gasteiger partial charge in [0.1, 0.15) is 0 Å². The molecule has 100 valence electrons. The highest BCUT2D eigenvalue weighted by atomic mass is 32.2. The average Bonchev–Trinajstić information content (AvgIpc) is 2.48. The van der Waals surface area contributed by atoms with E-state index >= 15 is 0 Å². The van der Waals surface area contributed by atoms with E-state index in [1.165, 1.54) is 16.0 Å². The van der Waals surface area contributed by atoms with Crippen LogP contribution in [0.3, 0.4) is 0 Å². The number of thioether (sulfide) groups is 1. The van der Waals surface area contributed by atoms with E-state index in [2.05, 4.69) is 66.8 Å². The van der Waals surface area contributed by atoms with E-state index in [-0.39, 0.29) is 0 Å². The fourth-order valence-electron chi connectivity index (χ4n) is 2.11. The summed E-state index contributed by atoms with van der Waals surface area (Å²) in [5.41, 5.74) is 2.58. The van der Waals surface area contributed by atoms with Crippen LogP contribution in [-0.2, 0) is 0 Å². The summed E-state index contributed by atoms with van der Waals surface area (Å²) in [4.78, 5) is 5.36. The second-order valence-electron chi connectivity index (χ2n) is 4.66. The van der Waals surface area contributed by atoms with Crippen LogP contribution in [-0.4, -0.2) is 11.2 Å². The molecule has 1 N–H and O–H groups in total. The zero-order chi connectivity index (χ0) is 13.7. The number of hydrogen-bond donors (Lipinski definition) is 1. The van der Waals surface area contributed by atoms with Crippen molar-refractivity contribution in [2.24, 2.45) is 0 Å². The smallest absolute Gasteiger partial charge is 0.0298 e. The molecule has 2 rings (SSSR count). The standard InChI is InChI=1S/C16H20N2S/c1-12(14-4-6-16(19-3)7-5-14)18-13(2)15-8-10-17-11-9-15/h4-13,18H,1-3H3/t12?,13-/m1/s1. The van der Waals surface area contributed by atoms with Gasteiger partial charge in [0.25, 0.3) is 0 Å². The molecule has 1 unspecified atom stereocenters. The minimum absolute atomic E-state index is 0.318. The molecule has 0 saturated heterocycles. The van der Waals surface area contributed by atoms with Crippen LogP contribution in [0.15, 0.2) is 53.7 Å². The highest BCUT2D eigenvalue weighted by Crippen LogP contribution is 2.21. The average molecular weight is 272 g/mol. The molecular weight excluding hydrogens is 252 g/mol.